The smallest absolute Gasteiger partial charge is 0.344 e. The van der Waals surface area contributed by atoms with Crippen LogP contribution in [0.4, 0.5) is 4.39 Å². The van der Waals surface area contributed by atoms with Crippen molar-refractivity contribution in [1.82, 2.24) is 9.78 Å². The Kier molecular flexibility index (Phi) is 5.70. The highest BCUT2D eigenvalue weighted by Crippen LogP contribution is 2.24. The number of aromatic nitrogens is 2. The van der Waals surface area contributed by atoms with Gasteiger partial charge in [0.15, 0.2) is 6.61 Å². The van der Waals surface area contributed by atoms with E-state index in [1.54, 1.807) is 6.92 Å². The van der Waals surface area contributed by atoms with Crippen LogP contribution in [0.3, 0.4) is 0 Å². The zero-order valence-electron chi connectivity index (χ0n) is 13.0. The molecule has 126 valence electrons. The summed E-state index contributed by atoms with van der Waals surface area (Å²) in [5.74, 6) is -1.74. The highest BCUT2D eigenvalue weighted by atomic mass is 35.5. The standard InChI is InChI=1S/C16H14ClFN2O4/c1-10-13(7-8-14(21)24-9-15(22)23-2)16(17)20(19-10)12-5-3-11(18)4-6-12/h3-8H,9H2,1-2H3/b8-7+. The van der Waals surface area contributed by atoms with Crippen molar-refractivity contribution in [1.29, 1.82) is 0 Å². The first-order valence-electron chi connectivity index (χ1n) is 6.85. The molecule has 0 bridgehead atoms. The molecule has 1 aromatic carbocycles. The van der Waals surface area contributed by atoms with E-state index in [0.717, 1.165) is 6.08 Å². The molecule has 2 aromatic rings. The molecule has 8 heteroatoms. The average molecular weight is 353 g/mol. The highest BCUT2D eigenvalue weighted by molar-refractivity contribution is 6.31. The lowest BCUT2D eigenvalue weighted by Gasteiger charge is -2.02. The lowest BCUT2D eigenvalue weighted by molar-refractivity contribution is -0.154. The SMILES string of the molecule is COC(=O)COC(=O)/C=C/c1c(C)nn(-c2ccc(F)cc2)c1Cl. The Labute approximate surface area is 142 Å². The molecule has 0 spiro atoms. The van der Waals surface area contributed by atoms with Gasteiger partial charge in [0.05, 0.1) is 18.5 Å². The number of carbonyl (C=O) groups excluding carboxylic acids is 2. The number of methoxy groups -OCH3 is 1. The predicted molar refractivity (Wildman–Crippen MR) is 85.3 cm³/mol. The third-order valence-electron chi connectivity index (χ3n) is 3.07. The van der Waals surface area contributed by atoms with E-state index in [-0.39, 0.29) is 11.0 Å². The first-order chi connectivity index (χ1) is 11.4. The monoisotopic (exact) mass is 352 g/mol. The molecule has 24 heavy (non-hydrogen) atoms. The van der Waals surface area contributed by atoms with Crippen LogP contribution >= 0.6 is 11.6 Å². The lowest BCUT2D eigenvalue weighted by atomic mass is 10.2. The fourth-order valence-electron chi connectivity index (χ4n) is 1.84. The van der Waals surface area contributed by atoms with Gasteiger partial charge in [0.1, 0.15) is 11.0 Å². The first-order valence-corrected chi connectivity index (χ1v) is 7.23. The van der Waals surface area contributed by atoms with Crippen LogP contribution in [0, 0.1) is 12.7 Å². The summed E-state index contributed by atoms with van der Waals surface area (Å²) in [4.78, 5) is 22.4. The van der Waals surface area contributed by atoms with E-state index in [9.17, 15) is 14.0 Å². The molecule has 0 fully saturated rings. The summed E-state index contributed by atoms with van der Waals surface area (Å²) >= 11 is 6.27. The predicted octanol–water partition coefficient (Wildman–Crippen LogP) is 2.70. The van der Waals surface area contributed by atoms with Crippen molar-refractivity contribution in [2.45, 2.75) is 6.92 Å². The van der Waals surface area contributed by atoms with Crippen LogP contribution in [0.15, 0.2) is 30.3 Å². The van der Waals surface area contributed by atoms with Crippen molar-refractivity contribution < 1.29 is 23.5 Å². The van der Waals surface area contributed by atoms with Crippen LogP contribution in [-0.2, 0) is 19.1 Å². The van der Waals surface area contributed by atoms with Crippen LogP contribution in [0.2, 0.25) is 5.15 Å². The van der Waals surface area contributed by atoms with Crippen LogP contribution in [-0.4, -0.2) is 35.4 Å². The largest absolute Gasteiger partial charge is 0.466 e. The van der Waals surface area contributed by atoms with Crippen molar-refractivity contribution in [3.63, 3.8) is 0 Å². The number of aryl methyl sites for hydroxylation is 1. The third kappa shape index (κ3) is 4.20. The molecule has 0 aliphatic rings. The van der Waals surface area contributed by atoms with Crippen LogP contribution in [0.5, 0.6) is 0 Å². The van der Waals surface area contributed by atoms with Crippen molar-refractivity contribution in [3.05, 3.63) is 52.6 Å². The quantitative estimate of drug-likeness (QED) is 0.611. The van der Waals surface area contributed by atoms with E-state index >= 15 is 0 Å². The Morgan fingerprint density at radius 1 is 1.33 bits per heavy atom. The molecule has 0 N–H and O–H groups in total. The van der Waals surface area contributed by atoms with E-state index in [4.69, 9.17) is 11.6 Å². The maximum absolute atomic E-state index is 13.0. The number of ether oxygens (including phenoxy) is 2. The maximum Gasteiger partial charge on any atom is 0.344 e. The van der Waals surface area contributed by atoms with Crippen LogP contribution in [0.1, 0.15) is 11.3 Å². The number of rotatable bonds is 5. The van der Waals surface area contributed by atoms with Gasteiger partial charge in [-0.2, -0.15) is 5.10 Å². The molecular formula is C16H14ClFN2O4. The van der Waals surface area contributed by atoms with Gasteiger partial charge in [0.2, 0.25) is 0 Å². The molecular weight excluding hydrogens is 339 g/mol. The molecule has 0 aliphatic carbocycles. The second-order valence-electron chi connectivity index (χ2n) is 4.70. The Balaban J connectivity index is 2.17. The summed E-state index contributed by atoms with van der Waals surface area (Å²) < 4.78 is 23.5. The minimum absolute atomic E-state index is 0.260. The Morgan fingerprint density at radius 3 is 2.62 bits per heavy atom. The highest BCUT2D eigenvalue weighted by Gasteiger charge is 2.13. The van der Waals surface area contributed by atoms with E-state index in [1.165, 1.54) is 42.1 Å². The molecule has 0 saturated carbocycles. The summed E-state index contributed by atoms with van der Waals surface area (Å²) in [6.45, 7) is 1.24. The molecule has 0 unspecified atom stereocenters. The number of esters is 2. The van der Waals surface area contributed by atoms with Gasteiger partial charge in [-0.05, 0) is 37.3 Å². The van der Waals surface area contributed by atoms with Crippen molar-refractivity contribution in [2.75, 3.05) is 13.7 Å². The summed E-state index contributed by atoms with van der Waals surface area (Å²) in [5.41, 5.74) is 1.66. The number of nitrogens with zero attached hydrogens (tertiary/aromatic N) is 2. The number of hydrogen-bond acceptors (Lipinski definition) is 5. The molecule has 2 rings (SSSR count). The van der Waals surface area contributed by atoms with E-state index in [2.05, 4.69) is 14.6 Å². The van der Waals surface area contributed by atoms with Gasteiger partial charge in [-0.15, -0.1) is 0 Å². The van der Waals surface area contributed by atoms with E-state index in [0.29, 0.717) is 16.9 Å². The zero-order valence-corrected chi connectivity index (χ0v) is 13.7. The van der Waals surface area contributed by atoms with Crippen molar-refractivity contribution in [3.8, 4) is 5.69 Å². The minimum atomic E-state index is -0.717. The Hall–Kier alpha value is -2.67. The fourth-order valence-corrected chi connectivity index (χ4v) is 2.18. The average Bonchev–Trinajstić information content (AvgIpc) is 2.85. The van der Waals surface area contributed by atoms with Gasteiger partial charge in [0.25, 0.3) is 0 Å². The van der Waals surface area contributed by atoms with Gasteiger partial charge in [-0.1, -0.05) is 11.6 Å². The van der Waals surface area contributed by atoms with Crippen LogP contribution in [0.25, 0.3) is 11.8 Å². The molecule has 0 aliphatic heterocycles. The van der Waals surface area contributed by atoms with Gasteiger partial charge in [0, 0.05) is 11.6 Å². The number of benzene rings is 1. The summed E-state index contributed by atoms with van der Waals surface area (Å²) in [6.07, 6.45) is 2.57. The second-order valence-corrected chi connectivity index (χ2v) is 5.05. The second kappa shape index (κ2) is 7.74. The lowest BCUT2D eigenvalue weighted by Crippen LogP contribution is -2.13. The van der Waals surface area contributed by atoms with E-state index in [1.807, 2.05) is 0 Å². The normalized spacial score (nSPS) is 10.8. The zero-order chi connectivity index (χ0) is 17.7. The summed E-state index contributed by atoms with van der Waals surface area (Å²) in [6, 6.07) is 5.66. The first kappa shape index (κ1) is 17.7. The topological polar surface area (TPSA) is 70.4 Å². The summed E-state index contributed by atoms with van der Waals surface area (Å²) in [5, 5.41) is 4.52. The van der Waals surface area contributed by atoms with Gasteiger partial charge < -0.3 is 9.47 Å². The molecule has 6 nitrogen and oxygen atoms in total. The van der Waals surface area contributed by atoms with Gasteiger partial charge >= 0.3 is 11.9 Å². The fraction of sp³-hybridized carbons (Fsp3) is 0.188. The Morgan fingerprint density at radius 2 is 2.00 bits per heavy atom. The molecule has 1 heterocycles. The Bertz CT molecular complexity index is 784. The minimum Gasteiger partial charge on any atom is -0.466 e. The van der Waals surface area contributed by atoms with Crippen LogP contribution < -0.4 is 0 Å². The molecule has 1 aromatic heterocycles. The molecule has 0 amide bonds. The van der Waals surface area contributed by atoms with Crippen molar-refractivity contribution >= 4 is 29.6 Å². The number of halogens is 2. The number of carbonyl (C=O) groups is 2. The molecule has 0 saturated heterocycles. The third-order valence-corrected chi connectivity index (χ3v) is 3.43. The van der Waals surface area contributed by atoms with Gasteiger partial charge in [-0.3, -0.25) is 0 Å². The number of hydrogen-bond donors (Lipinski definition) is 0. The maximum atomic E-state index is 13.0. The van der Waals surface area contributed by atoms with Crippen molar-refractivity contribution in [2.24, 2.45) is 0 Å². The van der Waals surface area contributed by atoms with E-state index < -0.39 is 18.5 Å². The van der Waals surface area contributed by atoms with Gasteiger partial charge in [-0.25, -0.2) is 18.7 Å². The summed E-state index contributed by atoms with van der Waals surface area (Å²) in [7, 11) is 1.19. The molecule has 0 atom stereocenters. The molecule has 0 radical (unpaired) electrons.